The fourth-order valence-corrected chi connectivity index (χ4v) is 2.08. The molecule has 0 saturated heterocycles. The molecule has 0 bridgehead atoms. The molecule has 0 fully saturated rings. The van der Waals surface area contributed by atoms with Crippen molar-refractivity contribution >= 4 is 23.2 Å². The number of aromatic amines is 1. The molecular weight excluding hydrogens is 332 g/mol. The van der Waals surface area contributed by atoms with E-state index in [1.165, 1.54) is 6.92 Å². The average Bonchev–Trinajstić information content (AvgIpc) is 2.36. The Bertz CT molecular complexity index is 825. The third-order valence-electron chi connectivity index (χ3n) is 2.78. The van der Waals surface area contributed by atoms with Crippen molar-refractivity contribution < 1.29 is 13.2 Å². The van der Waals surface area contributed by atoms with E-state index in [-0.39, 0.29) is 15.7 Å². The van der Waals surface area contributed by atoms with Crippen LogP contribution in [0.25, 0.3) is 5.69 Å². The SMILES string of the molecule is Cc1c(Cl)[nH]c(=O)n(-c2ccc(Cl)cc2C(F)(F)F)c1=O. The number of hydrogen-bond acceptors (Lipinski definition) is 2. The van der Waals surface area contributed by atoms with Crippen molar-refractivity contribution in [2.75, 3.05) is 0 Å². The Balaban J connectivity index is 2.90. The lowest BCUT2D eigenvalue weighted by Crippen LogP contribution is -2.36. The van der Waals surface area contributed by atoms with Crippen LogP contribution in [0.3, 0.4) is 0 Å². The van der Waals surface area contributed by atoms with Gasteiger partial charge in [-0.25, -0.2) is 9.36 Å². The van der Waals surface area contributed by atoms with Gasteiger partial charge in [0.25, 0.3) is 5.56 Å². The van der Waals surface area contributed by atoms with E-state index in [0.29, 0.717) is 10.6 Å². The summed E-state index contributed by atoms with van der Waals surface area (Å²) in [4.78, 5) is 25.9. The lowest BCUT2D eigenvalue weighted by molar-refractivity contribution is -0.137. The van der Waals surface area contributed by atoms with Crippen LogP contribution < -0.4 is 11.2 Å². The van der Waals surface area contributed by atoms with Gasteiger partial charge in [0.05, 0.1) is 16.8 Å². The molecule has 9 heteroatoms. The number of nitrogens with zero attached hydrogens (tertiary/aromatic N) is 1. The van der Waals surface area contributed by atoms with Crippen molar-refractivity contribution in [3.63, 3.8) is 0 Å². The smallest absolute Gasteiger partial charge is 0.297 e. The second-order valence-electron chi connectivity index (χ2n) is 4.17. The topological polar surface area (TPSA) is 54.9 Å². The molecule has 0 amide bonds. The van der Waals surface area contributed by atoms with Gasteiger partial charge in [0.15, 0.2) is 0 Å². The fraction of sp³-hybridized carbons (Fsp3) is 0.167. The van der Waals surface area contributed by atoms with Gasteiger partial charge in [-0.15, -0.1) is 0 Å². The maximum absolute atomic E-state index is 13.0. The van der Waals surface area contributed by atoms with E-state index >= 15 is 0 Å². The van der Waals surface area contributed by atoms with Crippen molar-refractivity contribution in [2.45, 2.75) is 13.1 Å². The fourth-order valence-electron chi connectivity index (χ4n) is 1.75. The summed E-state index contributed by atoms with van der Waals surface area (Å²) in [6, 6.07) is 2.75. The first kappa shape index (κ1) is 15.7. The zero-order chi connectivity index (χ0) is 15.9. The summed E-state index contributed by atoms with van der Waals surface area (Å²) in [5, 5.41) is -0.384. The minimum Gasteiger partial charge on any atom is -0.297 e. The summed E-state index contributed by atoms with van der Waals surface area (Å²) in [6.07, 6.45) is -4.78. The maximum atomic E-state index is 13.0. The molecule has 4 nitrogen and oxygen atoms in total. The quantitative estimate of drug-likeness (QED) is 0.812. The van der Waals surface area contributed by atoms with Crippen molar-refractivity contribution in [3.05, 3.63) is 60.3 Å². The van der Waals surface area contributed by atoms with Crippen LogP contribution in [0.4, 0.5) is 13.2 Å². The molecule has 0 radical (unpaired) electrons. The van der Waals surface area contributed by atoms with E-state index in [9.17, 15) is 22.8 Å². The normalized spacial score (nSPS) is 11.7. The van der Waals surface area contributed by atoms with Crippen molar-refractivity contribution in [1.82, 2.24) is 9.55 Å². The molecule has 0 aliphatic carbocycles. The van der Waals surface area contributed by atoms with Gasteiger partial charge in [0.1, 0.15) is 5.15 Å². The lowest BCUT2D eigenvalue weighted by Gasteiger charge is -2.14. The van der Waals surface area contributed by atoms with Crippen LogP contribution in [0.5, 0.6) is 0 Å². The molecule has 2 aromatic rings. The summed E-state index contributed by atoms with van der Waals surface area (Å²) >= 11 is 11.2. The summed E-state index contributed by atoms with van der Waals surface area (Å²) in [5.74, 6) is 0. The second kappa shape index (κ2) is 5.23. The third kappa shape index (κ3) is 2.84. The van der Waals surface area contributed by atoms with Crippen LogP contribution in [0.15, 0.2) is 27.8 Å². The Morgan fingerprint density at radius 2 is 1.81 bits per heavy atom. The second-order valence-corrected chi connectivity index (χ2v) is 4.98. The summed E-state index contributed by atoms with van der Waals surface area (Å²) in [5.41, 5.74) is -3.87. The summed E-state index contributed by atoms with van der Waals surface area (Å²) in [7, 11) is 0. The van der Waals surface area contributed by atoms with Gasteiger partial charge in [-0.05, 0) is 25.1 Å². The molecule has 0 aliphatic heterocycles. The minimum absolute atomic E-state index is 0.0701. The number of halogens is 5. The van der Waals surface area contributed by atoms with Gasteiger partial charge in [0, 0.05) is 5.02 Å². The highest BCUT2D eigenvalue weighted by Gasteiger charge is 2.35. The van der Waals surface area contributed by atoms with Crippen LogP contribution in [-0.2, 0) is 6.18 Å². The molecule has 0 spiro atoms. The Labute approximate surface area is 125 Å². The van der Waals surface area contributed by atoms with Crippen molar-refractivity contribution in [2.24, 2.45) is 0 Å². The molecule has 1 aromatic heterocycles. The Hall–Kier alpha value is -1.73. The maximum Gasteiger partial charge on any atom is 0.418 e. The number of hydrogen-bond donors (Lipinski definition) is 1. The van der Waals surface area contributed by atoms with Crippen LogP contribution in [0.2, 0.25) is 10.2 Å². The van der Waals surface area contributed by atoms with E-state index in [4.69, 9.17) is 23.2 Å². The molecule has 112 valence electrons. The van der Waals surface area contributed by atoms with Gasteiger partial charge < -0.3 is 0 Å². The number of alkyl halides is 3. The van der Waals surface area contributed by atoms with E-state index < -0.39 is 28.7 Å². The first-order chi connectivity index (χ1) is 9.62. The largest absolute Gasteiger partial charge is 0.418 e. The number of aromatic nitrogens is 2. The molecule has 0 aliphatic rings. The van der Waals surface area contributed by atoms with E-state index in [1.54, 1.807) is 0 Å². The predicted molar refractivity (Wildman–Crippen MR) is 72.4 cm³/mol. The Morgan fingerprint density at radius 3 is 2.38 bits per heavy atom. The minimum atomic E-state index is -4.78. The molecule has 1 N–H and O–H groups in total. The monoisotopic (exact) mass is 338 g/mol. The molecular formula is C12H7Cl2F3N2O2. The van der Waals surface area contributed by atoms with Crippen LogP contribution in [0.1, 0.15) is 11.1 Å². The molecule has 0 saturated carbocycles. The van der Waals surface area contributed by atoms with Gasteiger partial charge in [0.2, 0.25) is 0 Å². The van der Waals surface area contributed by atoms with Gasteiger partial charge in [-0.2, -0.15) is 13.2 Å². The highest BCUT2D eigenvalue weighted by molar-refractivity contribution is 6.30. The lowest BCUT2D eigenvalue weighted by atomic mass is 10.1. The Kier molecular flexibility index (Phi) is 3.90. The van der Waals surface area contributed by atoms with Crippen LogP contribution >= 0.6 is 23.2 Å². The first-order valence-corrected chi connectivity index (χ1v) is 6.27. The van der Waals surface area contributed by atoms with Crippen LogP contribution in [0, 0.1) is 6.92 Å². The molecule has 21 heavy (non-hydrogen) atoms. The zero-order valence-corrected chi connectivity index (χ0v) is 11.9. The van der Waals surface area contributed by atoms with E-state index in [0.717, 1.165) is 12.1 Å². The average molecular weight is 339 g/mol. The van der Waals surface area contributed by atoms with E-state index in [2.05, 4.69) is 4.98 Å². The van der Waals surface area contributed by atoms with Gasteiger partial charge in [-0.3, -0.25) is 9.78 Å². The number of benzene rings is 1. The highest BCUT2D eigenvalue weighted by atomic mass is 35.5. The number of H-pyrrole nitrogens is 1. The summed E-state index contributed by atoms with van der Waals surface area (Å²) < 4.78 is 39.5. The number of nitrogens with one attached hydrogen (secondary N) is 1. The zero-order valence-electron chi connectivity index (χ0n) is 10.4. The van der Waals surface area contributed by atoms with Crippen LogP contribution in [-0.4, -0.2) is 9.55 Å². The first-order valence-electron chi connectivity index (χ1n) is 5.51. The standard InChI is InChI=1S/C12H7Cl2F3N2O2/c1-5-9(14)18-11(21)19(10(5)20)8-3-2-6(13)4-7(8)12(15,16)17/h2-4H,1H3,(H,18,21). The van der Waals surface area contributed by atoms with Crippen molar-refractivity contribution in [3.8, 4) is 5.69 Å². The molecule has 1 aromatic carbocycles. The molecule has 0 unspecified atom stereocenters. The Morgan fingerprint density at radius 1 is 1.19 bits per heavy atom. The number of rotatable bonds is 1. The molecule has 1 heterocycles. The molecule has 0 atom stereocenters. The predicted octanol–water partition coefficient (Wildman–Crippen LogP) is 3.16. The van der Waals surface area contributed by atoms with Crippen molar-refractivity contribution in [1.29, 1.82) is 0 Å². The third-order valence-corrected chi connectivity index (χ3v) is 3.39. The van der Waals surface area contributed by atoms with E-state index in [1.807, 2.05) is 0 Å². The summed E-state index contributed by atoms with van der Waals surface area (Å²) in [6.45, 7) is 1.29. The highest BCUT2D eigenvalue weighted by Crippen LogP contribution is 2.34. The van der Waals surface area contributed by atoms with Gasteiger partial charge >= 0.3 is 11.9 Å². The molecule has 2 rings (SSSR count). The van der Waals surface area contributed by atoms with Gasteiger partial charge in [-0.1, -0.05) is 23.2 Å².